The maximum absolute atomic E-state index is 11.7. The Hall–Kier alpha value is -1.65. The Balaban J connectivity index is 2.12. The largest absolute Gasteiger partial charge is 0.481 e. The number of aryl methyl sites for hydroxylation is 2. The van der Waals surface area contributed by atoms with E-state index in [1.54, 1.807) is 6.20 Å². The van der Waals surface area contributed by atoms with E-state index in [2.05, 4.69) is 15.3 Å². The number of carboxylic acids is 1. The summed E-state index contributed by atoms with van der Waals surface area (Å²) in [6.45, 7) is 4.20. The van der Waals surface area contributed by atoms with Crippen LogP contribution >= 0.6 is 0 Å². The summed E-state index contributed by atoms with van der Waals surface area (Å²) in [4.78, 5) is 20.4. The SMILES string of the molecule is Cc1cnc(C)c(NCC2(C(=O)O)CCCCCC2)n1. The number of carbonyl (C=O) groups is 1. The topological polar surface area (TPSA) is 75.1 Å². The van der Waals surface area contributed by atoms with E-state index in [9.17, 15) is 9.90 Å². The van der Waals surface area contributed by atoms with Crippen molar-refractivity contribution < 1.29 is 9.90 Å². The molecule has 1 heterocycles. The first kappa shape index (κ1) is 14.8. The van der Waals surface area contributed by atoms with E-state index in [1.807, 2.05) is 13.8 Å². The Bertz CT molecular complexity index is 480. The molecule has 20 heavy (non-hydrogen) atoms. The summed E-state index contributed by atoms with van der Waals surface area (Å²) in [5, 5.41) is 12.9. The number of nitrogens with one attached hydrogen (secondary N) is 1. The normalized spacial score (nSPS) is 18.3. The minimum absolute atomic E-state index is 0.432. The molecule has 5 nitrogen and oxygen atoms in total. The van der Waals surface area contributed by atoms with Crippen LogP contribution < -0.4 is 5.32 Å². The standard InChI is InChI=1S/C15H23N3O2/c1-11-9-16-12(2)13(18-11)17-10-15(14(19)20)7-5-3-4-6-8-15/h9H,3-8,10H2,1-2H3,(H,17,18)(H,19,20). The van der Waals surface area contributed by atoms with Gasteiger partial charge in [0.1, 0.15) is 5.82 Å². The Morgan fingerprint density at radius 1 is 1.30 bits per heavy atom. The maximum atomic E-state index is 11.7. The van der Waals surface area contributed by atoms with Crippen molar-refractivity contribution in [2.45, 2.75) is 52.4 Å². The summed E-state index contributed by atoms with van der Waals surface area (Å²) in [5.41, 5.74) is 0.988. The smallest absolute Gasteiger partial charge is 0.311 e. The molecule has 1 fully saturated rings. The van der Waals surface area contributed by atoms with Gasteiger partial charge in [-0.05, 0) is 26.7 Å². The second-order valence-corrected chi connectivity index (χ2v) is 5.80. The predicted octanol–water partition coefficient (Wildman–Crippen LogP) is 2.93. The van der Waals surface area contributed by atoms with Crippen LogP contribution in [0.3, 0.4) is 0 Å². The average molecular weight is 277 g/mol. The van der Waals surface area contributed by atoms with E-state index in [4.69, 9.17) is 0 Å². The van der Waals surface area contributed by atoms with Crippen LogP contribution in [-0.2, 0) is 4.79 Å². The maximum Gasteiger partial charge on any atom is 0.311 e. The van der Waals surface area contributed by atoms with E-state index in [1.165, 1.54) is 0 Å². The summed E-state index contributed by atoms with van der Waals surface area (Å²) >= 11 is 0. The van der Waals surface area contributed by atoms with Gasteiger partial charge >= 0.3 is 5.97 Å². The molecule has 0 radical (unpaired) electrons. The zero-order chi connectivity index (χ0) is 14.6. The molecule has 1 aromatic heterocycles. The summed E-state index contributed by atoms with van der Waals surface area (Å²) < 4.78 is 0. The van der Waals surface area contributed by atoms with Gasteiger partial charge in [0.15, 0.2) is 0 Å². The molecule has 0 saturated heterocycles. The number of nitrogens with zero attached hydrogens (tertiary/aromatic N) is 2. The molecule has 1 aliphatic rings. The van der Waals surface area contributed by atoms with Crippen LogP contribution in [0.5, 0.6) is 0 Å². The van der Waals surface area contributed by atoms with Crippen LogP contribution in [0, 0.1) is 19.3 Å². The Morgan fingerprint density at radius 3 is 2.55 bits per heavy atom. The highest BCUT2D eigenvalue weighted by atomic mass is 16.4. The molecule has 5 heteroatoms. The highest BCUT2D eigenvalue weighted by Gasteiger charge is 2.38. The number of carboxylic acid groups (broad SMARTS) is 1. The molecule has 1 aromatic rings. The number of rotatable bonds is 4. The first-order valence-electron chi connectivity index (χ1n) is 7.31. The zero-order valence-electron chi connectivity index (χ0n) is 12.3. The van der Waals surface area contributed by atoms with Crippen LogP contribution in [0.4, 0.5) is 5.82 Å². The number of anilines is 1. The lowest BCUT2D eigenvalue weighted by molar-refractivity contribution is -0.149. The van der Waals surface area contributed by atoms with Crippen molar-refractivity contribution >= 4 is 11.8 Å². The molecule has 0 spiro atoms. The molecule has 1 saturated carbocycles. The van der Waals surface area contributed by atoms with Crippen molar-refractivity contribution in [3.05, 3.63) is 17.6 Å². The summed E-state index contributed by atoms with van der Waals surface area (Å²) in [6.07, 6.45) is 7.47. The van der Waals surface area contributed by atoms with Crippen molar-refractivity contribution in [3.63, 3.8) is 0 Å². The molecular formula is C15H23N3O2. The lowest BCUT2D eigenvalue weighted by atomic mass is 9.80. The predicted molar refractivity (Wildman–Crippen MR) is 77.8 cm³/mol. The molecular weight excluding hydrogens is 254 g/mol. The second kappa shape index (κ2) is 6.20. The van der Waals surface area contributed by atoms with Crippen molar-refractivity contribution in [1.29, 1.82) is 0 Å². The van der Waals surface area contributed by atoms with E-state index in [-0.39, 0.29) is 0 Å². The van der Waals surface area contributed by atoms with Gasteiger partial charge in [-0.2, -0.15) is 0 Å². The first-order valence-corrected chi connectivity index (χ1v) is 7.31. The zero-order valence-corrected chi connectivity index (χ0v) is 12.3. The molecule has 2 N–H and O–H groups in total. The number of hydrogen-bond acceptors (Lipinski definition) is 4. The van der Waals surface area contributed by atoms with E-state index >= 15 is 0 Å². The Morgan fingerprint density at radius 2 is 1.95 bits per heavy atom. The third kappa shape index (κ3) is 3.26. The Kier molecular flexibility index (Phi) is 4.57. The van der Waals surface area contributed by atoms with Gasteiger partial charge in [0.25, 0.3) is 0 Å². The summed E-state index contributed by atoms with van der Waals surface area (Å²) in [7, 11) is 0. The quantitative estimate of drug-likeness (QED) is 0.828. The molecule has 0 unspecified atom stereocenters. The minimum Gasteiger partial charge on any atom is -0.481 e. The molecule has 2 rings (SSSR count). The number of hydrogen-bond donors (Lipinski definition) is 2. The number of aliphatic carboxylic acids is 1. The van der Waals surface area contributed by atoms with Gasteiger partial charge in [0.2, 0.25) is 0 Å². The highest BCUT2D eigenvalue weighted by molar-refractivity contribution is 5.75. The van der Waals surface area contributed by atoms with Crippen molar-refractivity contribution in [2.24, 2.45) is 5.41 Å². The third-order valence-corrected chi connectivity index (χ3v) is 4.18. The fourth-order valence-electron chi connectivity index (χ4n) is 2.83. The minimum atomic E-state index is -0.690. The van der Waals surface area contributed by atoms with Crippen LogP contribution in [0.1, 0.15) is 49.9 Å². The lowest BCUT2D eigenvalue weighted by Crippen LogP contribution is -2.38. The average Bonchev–Trinajstić information content (AvgIpc) is 2.66. The molecule has 0 atom stereocenters. The Labute approximate surface area is 119 Å². The second-order valence-electron chi connectivity index (χ2n) is 5.80. The van der Waals surface area contributed by atoms with Gasteiger partial charge in [-0.15, -0.1) is 0 Å². The molecule has 0 bridgehead atoms. The third-order valence-electron chi connectivity index (χ3n) is 4.18. The van der Waals surface area contributed by atoms with Crippen LogP contribution in [-0.4, -0.2) is 27.6 Å². The van der Waals surface area contributed by atoms with Gasteiger partial charge in [-0.25, -0.2) is 4.98 Å². The monoisotopic (exact) mass is 277 g/mol. The van der Waals surface area contributed by atoms with E-state index in [0.29, 0.717) is 12.4 Å². The number of aromatic nitrogens is 2. The van der Waals surface area contributed by atoms with Crippen molar-refractivity contribution in [1.82, 2.24) is 9.97 Å². The van der Waals surface area contributed by atoms with Crippen LogP contribution in [0.2, 0.25) is 0 Å². The van der Waals surface area contributed by atoms with Crippen LogP contribution in [0.15, 0.2) is 6.20 Å². The van der Waals surface area contributed by atoms with Gasteiger partial charge in [0.05, 0.1) is 16.8 Å². The summed E-state index contributed by atoms with van der Waals surface area (Å²) in [5.74, 6) is 0.0139. The van der Waals surface area contributed by atoms with E-state index < -0.39 is 11.4 Å². The first-order chi connectivity index (χ1) is 9.53. The molecule has 0 aliphatic heterocycles. The molecule has 1 aliphatic carbocycles. The van der Waals surface area contributed by atoms with Gasteiger partial charge < -0.3 is 10.4 Å². The van der Waals surface area contributed by atoms with Gasteiger partial charge in [-0.1, -0.05) is 25.7 Å². The molecule has 0 aromatic carbocycles. The van der Waals surface area contributed by atoms with Crippen molar-refractivity contribution in [2.75, 3.05) is 11.9 Å². The summed E-state index contributed by atoms with van der Waals surface area (Å²) in [6, 6.07) is 0. The lowest BCUT2D eigenvalue weighted by Gasteiger charge is -2.28. The van der Waals surface area contributed by atoms with Crippen LogP contribution in [0.25, 0.3) is 0 Å². The highest BCUT2D eigenvalue weighted by Crippen LogP contribution is 2.35. The van der Waals surface area contributed by atoms with E-state index in [0.717, 1.165) is 49.9 Å². The van der Waals surface area contributed by atoms with Gasteiger partial charge in [0, 0.05) is 12.7 Å². The molecule has 110 valence electrons. The fraction of sp³-hybridized carbons (Fsp3) is 0.667. The van der Waals surface area contributed by atoms with Gasteiger partial charge in [-0.3, -0.25) is 9.78 Å². The van der Waals surface area contributed by atoms with Crippen molar-refractivity contribution in [3.8, 4) is 0 Å². The fourth-order valence-corrected chi connectivity index (χ4v) is 2.83. The molecule has 0 amide bonds.